The number of amides is 1. The monoisotopic (exact) mass is 296 g/mol. The Morgan fingerprint density at radius 1 is 1.32 bits per heavy atom. The van der Waals surface area contributed by atoms with Gasteiger partial charge in [-0.15, -0.1) is 0 Å². The molecule has 0 spiro atoms. The fourth-order valence-electron chi connectivity index (χ4n) is 2.07. The van der Waals surface area contributed by atoms with Crippen LogP contribution in [0.2, 0.25) is 0 Å². The highest BCUT2D eigenvalue weighted by Gasteiger charge is 2.11. The van der Waals surface area contributed by atoms with Crippen LogP contribution < -0.4 is 5.32 Å². The molecule has 0 fully saturated rings. The van der Waals surface area contributed by atoms with Gasteiger partial charge in [-0.2, -0.15) is 5.10 Å². The van der Waals surface area contributed by atoms with E-state index in [1.54, 1.807) is 17.9 Å². The van der Waals surface area contributed by atoms with Crippen molar-refractivity contribution in [2.45, 2.75) is 13.8 Å². The minimum Gasteiger partial charge on any atom is -0.441 e. The highest BCUT2D eigenvalue weighted by atomic mass is 16.4. The predicted octanol–water partition coefficient (Wildman–Crippen LogP) is 2.94. The third-order valence-electron chi connectivity index (χ3n) is 3.36. The fraction of sp³-hybridized carbons (Fsp3) is 0.188. The molecule has 6 heteroatoms. The largest absolute Gasteiger partial charge is 0.441 e. The third-order valence-corrected chi connectivity index (χ3v) is 3.36. The number of anilines is 1. The number of nitrogens with one attached hydrogen (secondary N) is 1. The summed E-state index contributed by atoms with van der Waals surface area (Å²) in [5.74, 6) is 1.14. The Kier molecular flexibility index (Phi) is 3.50. The van der Waals surface area contributed by atoms with E-state index >= 15 is 0 Å². The number of carbonyl (C=O) groups excluding carboxylic acids is 1. The first kappa shape index (κ1) is 14.1. The molecule has 0 aliphatic carbocycles. The summed E-state index contributed by atoms with van der Waals surface area (Å²) in [6.07, 6.45) is 3.19. The van der Waals surface area contributed by atoms with Gasteiger partial charge >= 0.3 is 0 Å². The minimum absolute atomic E-state index is 0.204. The maximum Gasteiger partial charge on any atom is 0.258 e. The summed E-state index contributed by atoms with van der Waals surface area (Å²) in [5, 5.41) is 6.83. The molecule has 22 heavy (non-hydrogen) atoms. The molecule has 0 saturated carbocycles. The Morgan fingerprint density at radius 3 is 2.77 bits per heavy atom. The molecule has 3 rings (SSSR count). The molecule has 0 saturated heterocycles. The third kappa shape index (κ3) is 2.76. The molecule has 1 aromatic carbocycles. The molecular weight excluding hydrogens is 280 g/mol. The number of hydrogen-bond acceptors (Lipinski definition) is 4. The highest BCUT2D eigenvalue weighted by molar-refractivity contribution is 6.04. The van der Waals surface area contributed by atoms with Crippen molar-refractivity contribution in [1.82, 2.24) is 14.8 Å². The van der Waals surface area contributed by atoms with Gasteiger partial charge in [-0.25, -0.2) is 4.98 Å². The molecule has 112 valence electrons. The van der Waals surface area contributed by atoms with Crippen LogP contribution in [0.1, 0.15) is 21.8 Å². The van der Waals surface area contributed by atoms with E-state index in [9.17, 15) is 4.79 Å². The summed E-state index contributed by atoms with van der Waals surface area (Å²) < 4.78 is 7.20. The van der Waals surface area contributed by atoms with Gasteiger partial charge in [0, 0.05) is 24.5 Å². The molecule has 0 aliphatic rings. The van der Waals surface area contributed by atoms with Gasteiger partial charge in [-0.05, 0) is 32.0 Å². The van der Waals surface area contributed by atoms with E-state index in [1.165, 1.54) is 6.20 Å². The van der Waals surface area contributed by atoms with Crippen LogP contribution in [-0.4, -0.2) is 20.7 Å². The second kappa shape index (κ2) is 5.48. The molecule has 0 aliphatic heterocycles. The first-order chi connectivity index (χ1) is 10.5. The van der Waals surface area contributed by atoms with Crippen LogP contribution in [0.5, 0.6) is 0 Å². The van der Waals surface area contributed by atoms with Crippen LogP contribution >= 0.6 is 0 Å². The fourth-order valence-corrected chi connectivity index (χ4v) is 2.07. The smallest absolute Gasteiger partial charge is 0.258 e. The zero-order chi connectivity index (χ0) is 15.7. The van der Waals surface area contributed by atoms with Gasteiger partial charge in [-0.3, -0.25) is 9.48 Å². The molecule has 2 heterocycles. The maximum atomic E-state index is 12.1. The van der Waals surface area contributed by atoms with E-state index in [4.69, 9.17) is 4.42 Å². The second-order valence-electron chi connectivity index (χ2n) is 5.10. The van der Waals surface area contributed by atoms with Gasteiger partial charge in [0.1, 0.15) is 5.76 Å². The summed E-state index contributed by atoms with van der Waals surface area (Å²) in [6.45, 7) is 3.77. The molecule has 3 aromatic rings. The summed E-state index contributed by atoms with van der Waals surface area (Å²) in [5.41, 5.74) is 2.87. The number of benzene rings is 1. The van der Waals surface area contributed by atoms with Gasteiger partial charge < -0.3 is 9.73 Å². The number of aryl methyl sites for hydroxylation is 3. The lowest BCUT2D eigenvalue weighted by molar-refractivity contribution is 0.102. The second-order valence-corrected chi connectivity index (χ2v) is 5.10. The summed E-state index contributed by atoms with van der Waals surface area (Å²) in [6, 6.07) is 7.40. The van der Waals surface area contributed by atoms with E-state index in [0.29, 0.717) is 17.1 Å². The SMILES string of the molecule is Cc1nc(-c2cccc(NC(=O)c3cnn(C)c3)c2)oc1C. The lowest BCUT2D eigenvalue weighted by atomic mass is 10.2. The molecule has 0 atom stereocenters. The molecule has 0 radical (unpaired) electrons. The van der Waals surface area contributed by atoms with Crippen molar-refractivity contribution in [3.05, 3.63) is 53.7 Å². The van der Waals surface area contributed by atoms with Crippen molar-refractivity contribution in [3.8, 4) is 11.5 Å². The number of hydrogen-bond donors (Lipinski definition) is 1. The Hall–Kier alpha value is -2.89. The molecule has 2 aromatic heterocycles. The molecular formula is C16H16N4O2. The van der Waals surface area contributed by atoms with Crippen LogP contribution in [0.15, 0.2) is 41.1 Å². The average molecular weight is 296 g/mol. The summed E-state index contributed by atoms with van der Waals surface area (Å²) >= 11 is 0. The molecule has 0 bridgehead atoms. The Labute approximate surface area is 127 Å². The van der Waals surface area contributed by atoms with Gasteiger partial charge in [-0.1, -0.05) is 6.07 Å². The lowest BCUT2D eigenvalue weighted by Crippen LogP contribution is -2.11. The van der Waals surface area contributed by atoms with Crippen molar-refractivity contribution < 1.29 is 9.21 Å². The summed E-state index contributed by atoms with van der Waals surface area (Å²) in [4.78, 5) is 16.5. The first-order valence-corrected chi connectivity index (χ1v) is 6.87. The number of aromatic nitrogens is 3. The lowest BCUT2D eigenvalue weighted by Gasteiger charge is -2.04. The standard InChI is InChI=1S/C16H16N4O2/c1-10-11(2)22-16(18-10)12-5-4-6-14(7-12)19-15(21)13-8-17-20(3)9-13/h4-9H,1-3H3,(H,19,21). The molecule has 1 N–H and O–H groups in total. The van der Waals surface area contributed by atoms with E-state index in [-0.39, 0.29) is 5.91 Å². The quantitative estimate of drug-likeness (QED) is 0.806. The summed E-state index contributed by atoms with van der Waals surface area (Å²) in [7, 11) is 1.77. The molecule has 1 amide bonds. The van der Waals surface area contributed by atoms with Crippen LogP contribution in [-0.2, 0) is 7.05 Å². The van der Waals surface area contributed by atoms with Crippen molar-refractivity contribution in [3.63, 3.8) is 0 Å². The highest BCUT2D eigenvalue weighted by Crippen LogP contribution is 2.24. The van der Waals surface area contributed by atoms with Gasteiger partial charge in [0.2, 0.25) is 5.89 Å². The van der Waals surface area contributed by atoms with Gasteiger partial charge in [0.15, 0.2) is 0 Å². The number of rotatable bonds is 3. The van der Waals surface area contributed by atoms with Crippen molar-refractivity contribution in [1.29, 1.82) is 0 Å². The predicted molar refractivity (Wildman–Crippen MR) is 82.6 cm³/mol. The van der Waals surface area contributed by atoms with Crippen LogP contribution in [0, 0.1) is 13.8 Å². The maximum absolute atomic E-state index is 12.1. The Bertz CT molecular complexity index is 813. The zero-order valence-corrected chi connectivity index (χ0v) is 12.6. The normalized spacial score (nSPS) is 10.7. The topological polar surface area (TPSA) is 73.0 Å². The van der Waals surface area contributed by atoms with Crippen LogP contribution in [0.3, 0.4) is 0 Å². The van der Waals surface area contributed by atoms with Gasteiger partial charge in [0.05, 0.1) is 17.5 Å². The molecule has 6 nitrogen and oxygen atoms in total. The Balaban J connectivity index is 1.83. The number of carbonyl (C=O) groups is 1. The van der Waals surface area contributed by atoms with Crippen molar-refractivity contribution in [2.75, 3.05) is 5.32 Å². The van der Waals surface area contributed by atoms with Crippen molar-refractivity contribution in [2.24, 2.45) is 7.05 Å². The van der Waals surface area contributed by atoms with E-state index in [1.807, 2.05) is 38.1 Å². The van der Waals surface area contributed by atoms with Crippen LogP contribution in [0.25, 0.3) is 11.5 Å². The zero-order valence-electron chi connectivity index (χ0n) is 12.6. The Morgan fingerprint density at radius 2 is 2.14 bits per heavy atom. The van der Waals surface area contributed by atoms with E-state index in [2.05, 4.69) is 15.4 Å². The first-order valence-electron chi connectivity index (χ1n) is 6.87. The van der Waals surface area contributed by atoms with E-state index in [0.717, 1.165) is 17.0 Å². The minimum atomic E-state index is -0.204. The number of oxazole rings is 1. The van der Waals surface area contributed by atoms with Crippen molar-refractivity contribution >= 4 is 11.6 Å². The average Bonchev–Trinajstić information content (AvgIpc) is 3.06. The van der Waals surface area contributed by atoms with E-state index < -0.39 is 0 Å². The molecule has 0 unspecified atom stereocenters. The number of nitrogens with zero attached hydrogens (tertiary/aromatic N) is 3. The van der Waals surface area contributed by atoms with Crippen LogP contribution in [0.4, 0.5) is 5.69 Å². The van der Waals surface area contributed by atoms with Gasteiger partial charge in [0.25, 0.3) is 5.91 Å².